The van der Waals surface area contributed by atoms with Gasteiger partial charge in [0.05, 0.1) is 37.6 Å². The van der Waals surface area contributed by atoms with Gasteiger partial charge in [-0.25, -0.2) is 9.69 Å². The number of para-hydroxylation sites is 2. The second-order valence-electron chi connectivity index (χ2n) is 25.6. The van der Waals surface area contributed by atoms with Gasteiger partial charge in [-0.05, 0) is 217 Å². The van der Waals surface area contributed by atoms with Gasteiger partial charge in [0, 0.05) is 5.41 Å². The van der Waals surface area contributed by atoms with Gasteiger partial charge >= 0.3 is 0 Å². The summed E-state index contributed by atoms with van der Waals surface area (Å²) >= 11 is 0. The van der Waals surface area contributed by atoms with Gasteiger partial charge in [0.25, 0.3) is 11.4 Å². The summed E-state index contributed by atoms with van der Waals surface area (Å²) in [4.78, 5) is 7.89. The van der Waals surface area contributed by atoms with Crippen molar-refractivity contribution in [1.82, 2.24) is 0 Å². The van der Waals surface area contributed by atoms with E-state index in [0.29, 0.717) is 58.1 Å². The number of aliphatic hydroxyl groups excluding tert-OH is 4. The largest absolute Gasteiger partial charge is 0.468 e. The Kier molecular flexibility index (Phi) is 18.0. The second-order valence-corrected chi connectivity index (χ2v) is 25.6. The molecule has 0 saturated carbocycles. The van der Waals surface area contributed by atoms with Gasteiger partial charge in [0.2, 0.25) is 0 Å². The van der Waals surface area contributed by atoms with E-state index < -0.39 is 40.7 Å². The number of aliphatic hydroxyl groups is 4. The Bertz CT molecular complexity index is 4510. The van der Waals surface area contributed by atoms with Gasteiger partial charge in [-0.2, -0.15) is 10.5 Å². The number of hydrogen-bond donors (Lipinski definition) is 4. The fourth-order valence-electron chi connectivity index (χ4n) is 13.0. The number of fused-ring (bicyclic) bond motifs is 4. The Morgan fingerprint density at radius 2 is 0.567 bits per heavy atom. The summed E-state index contributed by atoms with van der Waals surface area (Å²) < 4.78 is 53.3. The minimum absolute atomic E-state index is 0.0626. The summed E-state index contributed by atoms with van der Waals surface area (Å²) in [6.45, 7) is 32.4. The fraction of sp³-hybridized carbons (Fsp3) is 0.210. The minimum atomic E-state index is -0.814. The van der Waals surface area contributed by atoms with E-state index in [1.54, 1.807) is 198 Å². The minimum Gasteiger partial charge on any atom is -0.468 e. The third-order valence-electron chi connectivity index (χ3n) is 17.7. The first-order chi connectivity index (χ1) is 46.6. The van der Waals surface area contributed by atoms with Crippen LogP contribution in [0.5, 0.6) is 92.0 Å². The third-order valence-corrected chi connectivity index (χ3v) is 17.7. The summed E-state index contributed by atoms with van der Waals surface area (Å²) in [6, 6.07) is 60.3. The Balaban J connectivity index is 1.01. The Labute approximate surface area is 563 Å². The van der Waals surface area contributed by atoms with Crippen LogP contribution in [0, 0.1) is 35.8 Å². The summed E-state index contributed by atoms with van der Waals surface area (Å²) in [6.07, 6.45) is -1.68. The van der Waals surface area contributed by atoms with Crippen LogP contribution in [0.15, 0.2) is 194 Å². The maximum atomic E-state index is 11.0. The van der Waals surface area contributed by atoms with Crippen molar-refractivity contribution in [3.05, 3.63) is 273 Å². The average Bonchev–Trinajstić information content (AvgIpc) is 1.52. The monoisotopic (exact) mass is 1290 g/mol. The zero-order valence-electron chi connectivity index (χ0n) is 54.5. The van der Waals surface area contributed by atoms with Crippen LogP contribution in [0.25, 0.3) is 9.69 Å². The van der Waals surface area contributed by atoms with Gasteiger partial charge < -0.3 is 58.3 Å². The molecule has 2 aliphatic carbocycles. The van der Waals surface area contributed by atoms with Gasteiger partial charge in [0.15, 0.2) is 23.0 Å². The lowest BCUT2D eigenvalue weighted by molar-refractivity contribution is 0.199. The van der Waals surface area contributed by atoms with Crippen LogP contribution in [0.3, 0.4) is 0 Å². The SMILES string of the molecule is [C-]#[N+]c1c(Oc2ccc(C(C)O)cc2)cccc1Oc1cc2c(cc1Oc1cccc(Oc3ccc(C(C)O)cc3)c1[N+]#[C-])C1(CC(C)(C)c3cc(Oc4cccc(Oc5ccc(C(C)O)cc5)c4C#N)c(Oc4cccc(Oc5ccc(C(C)O)cc5)c4C#N)cc31)CC2(C)C. The van der Waals surface area contributed by atoms with Gasteiger partial charge in [-0.1, -0.05) is 100 Å². The molecule has 5 unspecified atom stereocenters. The highest BCUT2D eigenvalue weighted by Gasteiger charge is 2.57. The van der Waals surface area contributed by atoms with Crippen LogP contribution in [0.4, 0.5) is 11.4 Å². The summed E-state index contributed by atoms with van der Waals surface area (Å²) in [7, 11) is 0. The first-order valence-corrected chi connectivity index (χ1v) is 31.6. The molecule has 0 bridgehead atoms. The van der Waals surface area contributed by atoms with Gasteiger partial charge in [-0.15, -0.1) is 0 Å². The van der Waals surface area contributed by atoms with Crippen molar-refractivity contribution in [1.29, 1.82) is 10.5 Å². The molecule has 0 amide bonds. The molecular weight excluding hydrogens is 1220 g/mol. The van der Waals surface area contributed by atoms with Gasteiger partial charge in [-0.3, -0.25) is 0 Å². The molecule has 12 rings (SSSR count). The highest BCUT2D eigenvalue weighted by molar-refractivity contribution is 5.73. The Morgan fingerprint density at radius 1 is 0.340 bits per heavy atom. The van der Waals surface area contributed by atoms with Crippen LogP contribution < -0.4 is 37.9 Å². The molecule has 4 N–H and O–H groups in total. The predicted octanol–water partition coefficient (Wildman–Crippen LogP) is 20.7. The van der Waals surface area contributed by atoms with Crippen molar-refractivity contribution in [2.24, 2.45) is 0 Å². The van der Waals surface area contributed by atoms with Crippen LogP contribution in [0.1, 0.15) is 148 Å². The molecule has 16 heteroatoms. The number of ether oxygens (including phenoxy) is 8. The molecule has 2 aliphatic rings. The van der Waals surface area contributed by atoms with Crippen LogP contribution in [-0.4, -0.2) is 20.4 Å². The first-order valence-electron chi connectivity index (χ1n) is 31.6. The maximum Gasteiger partial charge on any atom is 0.270 e. The van der Waals surface area contributed by atoms with Gasteiger partial charge in [0.1, 0.15) is 92.3 Å². The molecule has 0 aromatic heterocycles. The van der Waals surface area contributed by atoms with Crippen molar-refractivity contribution in [3.63, 3.8) is 0 Å². The molecule has 0 heterocycles. The van der Waals surface area contributed by atoms with E-state index in [4.69, 9.17) is 51.0 Å². The lowest BCUT2D eigenvalue weighted by atomic mass is 9.72. The highest BCUT2D eigenvalue weighted by atomic mass is 16.5. The first kappa shape index (κ1) is 65.5. The van der Waals surface area contributed by atoms with E-state index in [1.165, 1.54) is 0 Å². The van der Waals surface area contributed by atoms with Crippen LogP contribution in [-0.2, 0) is 16.2 Å². The lowest BCUT2D eigenvalue weighted by Gasteiger charge is -2.31. The number of hydrogen-bond acceptors (Lipinski definition) is 14. The zero-order chi connectivity index (χ0) is 68.5. The van der Waals surface area contributed by atoms with Crippen molar-refractivity contribution >= 4 is 11.4 Å². The molecule has 0 aliphatic heterocycles. The summed E-state index contributed by atoms with van der Waals surface area (Å²) in [5, 5.41) is 62.8. The normalized spacial score (nSPS) is 15.8. The molecule has 1 spiro atoms. The lowest BCUT2D eigenvalue weighted by Crippen LogP contribution is -2.27. The predicted molar refractivity (Wildman–Crippen MR) is 366 cm³/mol. The topological polar surface area (TPSA) is 211 Å². The van der Waals surface area contributed by atoms with E-state index >= 15 is 0 Å². The zero-order valence-corrected chi connectivity index (χ0v) is 54.5. The number of nitriles is 2. The molecule has 10 aromatic rings. The molecule has 0 fully saturated rings. The smallest absolute Gasteiger partial charge is 0.270 e. The molecule has 0 radical (unpaired) electrons. The molecule has 10 aromatic carbocycles. The van der Waals surface area contributed by atoms with E-state index in [9.17, 15) is 30.9 Å². The van der Waals surface area contributed by atoms with Crippen molar-refractivity contribution < 1.29 is 58.3 Å². The summed E-state index contributed by atoms with van der Waals surface area (Å²) in [5.41, 5.74) is 4.67. The van der Waals surface area contributed by atoms with E-state index in [1.807, 2.05) is 24.3 Å². The highest BCUT2D eigenvalue weighted by Crippen LogP contribution is 2.66. The number of rotatable bonds is 20. The molecule has 16 nitrogen and oxygen atoms in total. The molecular formula is C81H68N4O12. The van der Waals surface area contributed by atoms with Crippen LogP contribution in [0.2, 0.25) is 0 Å². The molecule has 0 saturated heterocycles. The van der Waals surface area contributed by atoms with E-state index in [-0.39, 0.29) is 91.5 Å². The summed E-state index contributed by atoms with van der Waals surface area (Å²) in [5.74, 6) is 4.04. The standard InChI is InChI=1S/C81H68N4O12/c1-47(86)51-23-31-55(32-24-51)90-65-15-11-17-67(59(65)43-82)94-73-39-61-63(41-75(73)95-68-18-12-16-66(60(68)44-83)91-56-33-25-52(26-34-56)48(2)87)81(45-79(61,5)6)46-80(7,8)62-40-74(96-71-21-13-19-69(77(71)84-9)92-57-35-27-53(28-36-57)49(3)88)76(42-64(62)81)97-72-22-14-20-70(78(72)85-10)93-58-37-29-54(30-38-58)50(4)89/h11-42,47-50,86-89H,45-46H2,1-8H3. The fourth-order valence-corrected chi connectivity index (χ4v) is 13.0. The maximum absolute atomic E-state index is 11.0. The molecule has 484 valence electrons. The van der Waals surface area contributed by atoms with E-state index in [2.05, 4.69) is 49.5 Å². The average molecular weight is 1290 g/mol. The Morgan fingerprint density at radius 3 is 0.825 bits per heavy atom. The third kappa shape index (κ3) is 13.2. The van der Waals surface area contributed by atoms with E-state index in [0.717, 1.165) is 22.3 Å². The number of benzene rings is 10. The van der Waals surface area contributed by atoms with Crippen molar-refractivity contribution in [2.45, 2.75) is 109 Å². The van der Waals surface area contributed by atoms with Crippen molar-refractivity contribution in [3.8, 4) is 104 Å². The molecule has 97 heavy (non-hydrogen) atoms. The Hall–Kier alpha value is -11.6. The molecule has 5 atom stereocenters. The van der Waals surface area contributed by atoms with Crippen molar-refractivity contribution in [2.75, 3.05) is 0 Å². The van der Waals surface area contributed by atoms with Crippen LogP contribution >= 0.6 is 0 Å². The quantitative estimate of drug-likeness (QED) is 0.0523. The number of nitrogens with zero attached hydrogens (tertiary/aromatic N) is 4. The second kappa shape index (κ2) is 26.7.